The molecule has 6 rings (SSSR count). The zero-order valence-corrected chi connectivity index (χ0v) is 25.0. The number of aryl methyl sites for hydroxylation is 3. The van der Waals surface area contributed by atoms with Crippen LogP contribution in [0.2, 0.25) is 0 Å². The van der Waals surface area contributed by atoms with Gasteiger partial charge in [-0.1, -0.05) is 96.6 Å². The molecule has 0 bridgehead atoms. The first-order chi connectivity index (χ1) is 21.0. The highest BCUT2D eigenvalue weighted by Gasteiger charge is 2.13. The molecule has 0 N–H and O–H groups in total. The average Bonchev–Trinajstić information content (AvgIpc) is 3.03. The number of hydrogen-bond acceptors (Lipinski definition) is 2. The number of hydrogen-bond donors (Lipinski definition) is 0. The van der Waals surface area contributed by atoms with Crippen LogP contribution in [0, 0.1) is 20.8 Å². The fraction of sp³-hybridized carbons (Fsp3) is 0.0732. The van der Waals surface area contributed by atoms with Crippen molar-refractivity contribution in [3.05, 3.63) is 179 Å². The molecule has 0 heterocycles. The van der Waals surface area contributed by atoms with Crippen molar-refractivity contribution < 1.29 is 0 Å². The van der Waals surface area contributed by atoms with E-state index in [9.17, 15) is 0 Å². The lowest BCUT2D eigenvalue weighted by Gasteiger charge is -2.26. The van der Waals surface area contributed by atoms with Crippen molar-refractivity contribution in [1.82, 2.24) is 0 Å². The summed E-state index contributed by atoms with van der Waals surface area (Å²) in [5.74, 6) is 0. The van der Waals surface area contributed by atoms with Crippen molar-refractivity contribution in [2.75, 3.05) is 9.80 Å². The summed E-state index contributed by atoms with van der Waals surface area (Å²) in [4.78, 5) is 4.61. The van der Waals surface area contributed by atoms with E-state index >= 15 is 0 Å². The first-order valence-corrected chi connectivity index (χ1v) is 14.8. The predicted molar refractivity (Wildman–Crippen MR) is 185 cm³/mol. The van der Waals surface area contributed by atoms with Crippen molar-refractivity contribution >= 4 is 46.3 Å². The molecular formula is C41H36N2. The minimum atomic E-state index is 1.13. The molecule has 0 saturated carbocycles. The highest BCUT2D eigenvalue weighted by Crippen LogP contribution is 2.36. The maximum absolute atomic E-state index is 2.32. The first-order valence-electron chi connectivity index (χ1n) is 14.8. The molecule has 0 aromatic heterocycles. The van der Waals surface area contributed by atoms with E-state index in [1.807, 2.05) is 0 Å². The lowest BCUT2D eigenvalue weighted by molar-refractivity contribution is 1.26. The summed E-state index contributed by atoms with van der Waals surface area (Å²) in [5.41, 5.74) is 12.9. The Morgan fingerprint density at radius 2 is 0.698 bits per heavy atom. The van der Waals surface area contributed by atoms with Crippen LogP contribution >= 0.6 is 0 Å². The standard InChI is InChI=1S/C41H36N2/c1-31-15-23-37(24-16-31)42(36-11-5-4-6-12-36)38-25-19-34(20-26-38)17-18-35-21-27-39(28-22-35)43(40-13-7-9-32(2)29-40)41-14-8-10-33(3)30-41/h4-30H,1-3H3. The lowest BCUT2D eigenvalue weighted by Crippen LogP contribution is -2.10. The molecule has 6 aromatic carbocycles. The second-order valence-corrected chi connectivity index (χ2v) is 11.0. The first kappa shape index (κ1) is 27.8. The molecule has 0 amide bonds. The van der Waals surface area contributed by atoms with E-state index in [2.05, 4.69) is 194 Å². The Morgan fingerprint density at radius 1 is 0.326 bits per heavy atom. The van der Waals surface area contributed by atoms with Gasteiger partial charge in [0.1, 0.15) is 0 Å². The second-order valence-electron chi connectivity index (χ2n) is 11.0. The van der Waals surface area contributed by atoms with Crippen molar-refractivity contribution in [2.24, 2.45) is 0 Å². The number of para-hydroxylation sites is 1. The highest BCUT2D eigenvalue weighted by atomic mass is 15.1. The molecule has 0 atom stereocenters. The highest BCUT2D eigenvalue weighted by molar-refractivity contribution is 5.80. The van der Waals surface area contributed by atoms with Crippen LogP contribution in [0.5, 0.6) is 0 Å². The van der Waals surface area contributed by atoms with Crippen LogP contribution in [0.25, 0.3) is 12.2 Å². The fourth-order valence-electron chi connectivity index (χ4n) is 5.36. The Morgan fingerprint density at radius 3 is 1.14 bits per heavy atom. The van der Waals surface area contributed by atoms with E-state index in [0.717, 1.165) is 45.3 Å². The van der Waals surface area contributed by atoms with Gasteiger partial charge in [-0.15, -0.1) is 0 Å². The van der Waals surface area contributed by atoms with E-state index in [4.69, 9.17) is 0 Å². The normalized spacial score (nSPS) is 11.0. The van der Waals surface area contributed by atoms with E-state index in [0.29, 0.717) is 0 Å². The van der Waals surface area contributed by atoms with Gasteiger partial charge in [-0.3, -0.25) is 0 Å². The number of nitrogens with zero attached hydrogens (tertiary/aromatic N) is 2. The van der Waals surface area contributed by atoms with Crippen molar-refractivity contribution in [1.29, 1.82) is 0 Å². The molecule has 0 unspecified atom stereocenters. The summed E-state index contributed by atoms with van der Waals surface area (Å²) in [7, 11) is 0. The molecule has 2 heteroatoms. The van der Waals surface area contributed by atoms with Crippen LogP contribution in [-0.2, 0) is 0 Å². The van der Waals surface area contributed by atoms with Gasteiger partial charge >= 0.3 is 0 Å². The summed E-state index contributed by atoms with van der Waals surface area (Å²) >= 11 is 0. The molecule has 0 radical (unpaired) electrons. The van der Waals surface area contributed by atoms with E-state index in [1.165, 1.54) is 16.7 Å². The third-order valence-electron chi connectivity index (χ3n) is 7.60. The van der Waals surface area contributed by atoms with Crippen LogP contribution in [-0.4, -0.2) is 0 Å². The van der Waals surface area contributed by atoms with Gasteiger partial charge in [-0.05, 0) is 116 Å². The lowest BCUT2D eigenvalue weighted by atomic mass is 10.1. The Balaban J connectivity index is 1.24. The summed E-state index contributed by atoms with van der Waals surface area (Å²) in [6.45, 7) is 6.40. The second kappa shape index (κ2) is 12.7. The maximum atomic E-state index is 2.32. The van der Waals surface area contributed by atoms with Gasteiger partial charge in [0.25, 0.3) is 0 Å². The van der Waals surface area contributed by atoms with Crippen LogP contribution in [0.1, 0.15) is 27.8 Å². The third kappa shape index (κ3) is 6.60. The number of benzene rings is 6. The summed E-state index contributed by atoms with van der Waals surface area (Å²) in [6, 6.07) is 54.1. The molecule has 0 aliphatic carbocycles. The van der Waals surface area contributed by atoms with Crippen molar-refractivity contribution in [2.45, 2.75) is 20.8 Å². The quantitative estimate of drug-likeness (QED) is 0.172. The number of anilines is 6. The molecule has 0 fully saturated rings. The van der Waals surface area contributed by atoms with Crippen LogP contribution in [0.15, 0.2) is 152 Å². The van der Waals surface area contributed by atoms with Crippen LogP contribution < -0.4 is 9.80 Å². The van der Waals surface area contributed by atoms with Gasteiger partial charge in [0.15, 0.2) is 0 Å². The van der Waals surface area contributed by atoms with E-state index < -0.39 is 0 Å². The predicted octanol–water partition coefficient (Wildman–Crippen LogP) is 11.7. The Kier molecular flexibility index (Phi) is 8.19. The van der Waals surface area contributed by atoms with Crippen LogP contribution in [0.4, 0.5) is 34.1 Å². The molecular weight excluding hydrogens is 520 g/mol. The van der Waals surface area contributed by atoms with E-state index in [1.54, 1.807) is 0 Å². The van der Waals surface area contributed by atoms with Gasteiger partial charge in [-0.2, -0.15) is 0 Å². The summed E-state index contributed by atoms with van der Waals surface area (Å²) in [5, 5.41) is 0. The third-order valence-corrected chi connectivity index (χ3v) is 7.60. The molecule has 0 saturated heterocycles. The fourth-order valence-corrected chi connectivity index (χ4v) is 5.36. The van der Waals surface area contributed by atoms with Gasteiger partial charge in [0, 0.05) is 34.1 Å². The molecule has 43 heavy (non-hydrogen) atoms. The molecule has 2 nitrogen and oxygen atoms in total. The maximum Gasteiger partial charge on any atom is 0.0464 e. The molecule has 210 valence electrons. The zero-order chi connectivity index (χ0) is 29.6. The molecule has 0 spiro atoms. The molecule has 0 aliphatic heterocycles. The topological polar surface area (TPSA) is 6.48 Å². The van der Waals surface area contributed by atoms with Crippen molar-refractivity contribution in [3.8, 4) is 0 Å². The van der Waals surface area contributed by atoms with Gasteiger partial charge in [-0.25, -0.2) is 0 Å². The average molecular weight is 557 g/mol. The van der Waals surface area contributed by atoms with Crippen molar-refractivity contribution in [3.63, 3.8) is 0 Å². The Labute approximate surface area is 255 Å². The van der Waals surface area contributed by atoms with E-state index in [-0.39, 0.29) is 0 Å². The minimum Gasteiger partial charge on any atom is -0.311 e. The SMILES string of the molecule is Cc1ccc(N(c2ccccc2)c2ccc(C=Cc3ccc(N(c4cccc(C)c4)c4cccc(C)c4)cc3)cc2)cc1. The number of rotatable bonds is 8. The Bertz CT molecular complexity index is 1770. The smallest absolute Gasteiger partial charge is 0.0464 e. The molecule has 6 aromatic rings. The Hall–Kier alpha value is -5.34. The largest absolute Gasteiger partial charge is 0.311 e. The van der Waals surface area contributed by atoms with Crippen LogP contribution in [0.3, 0.4) is 0 Å². The van der Waals surface area contributed by atoms with Gasteiger partial charge in [0.05, 0.1) is 0 Å². The monoisotopic (exact) mass is 556 g/mol. The zero-order valence-electron chi connectivity index (χ0n) is 25.0. The summed E-state index contributed by atoms with van der Waals surface area (Å²) < 4.78 is 0. The van der Waals surface area contributed by atoms with Gasteiger partial charge < -0.3 is 9.80 Å². The molecule has 0 aliphatic rings. The minimum absolute atomic E-state index is 1.13. The van der Waals surface area contributed by atoms with Gasteiger partial charge in [0.2, 0.25) is 0 Å². The summed E-state index contributed by atoms with van der Waals surface area (Å²) in [6.07, 6.45) is 4.35.